The van der Waals surface area contributed by atoms with Gasteiger partial charge in [-0.3, -0.25) is 0 Å². The van der Waals surface area contributed by atoms with Crippen LogP contribution in [0.15, 0.2) is 36.4 Å². The molecule has 0 heterocycles. The Bertz CT molecular complexity index is 630. The molecule has 4 heteroatoms. The maximum absolute atomic E-state index is 9.06. The summed E-state index contributed by atoms with van der Waals surface area (Å²) in [6.07, 6.45) is 0. The summed E-state index contributed by atoms with van der Waals surface area (Å²) in [5.74, 6) is 0. The lowest BCUT2D eigenvalue weighted by Crippen LogP contribution is -1.95. The zero-order chi connectivity index (χ0) is 13.1. The van der Waals surface area contributed by atoms with Crippen LogP contribution in [-0.2, 0) is 0 Å². The summed E-state index contributed by atoms with van der Waals surface area (Å²) in [5.41, 5.74) is 3.04. The summed E-state index contributed by atoms with van der Waals surface area (Å²) in [6, 6.07) is 12.9. The van der Waals surface area contributed by atoms with Crippen molar-refractivity contribution in [1.29, 1.82) is 5.26 Å². The van der Waals surface area contributed by atoms with E-state index in [0.29, 0.717) is 21.3 Å². The van der Waals surface area contributed by atoms with E-state index in [1.807, 2.05) is 19.1 Å². The molecule has 18 heavy (non-hydrogen) atoms. The average Bonchev–Trinajstić information content (AvgIpc) is 2.34. The molecular weight excluding hydrogens is 267 g/mol. The van der Waals surface area contributed by atoms with E-state index in [1.165, 1.54) is 0 Å². The quantitative estimate of drug-likeness (QED) is 0.845. The van der Waals surface area contributed by atoms with E-state index >= 15 is 0 Å². The topological polar surface area (TPSA) is 35.8 Å². The normalized spacial score (nSPS) is 9.89. The minimum atomic E-state index is 0.560. The van der Waals surface area contributed by atoms with Gasteiger partial charge in [-0.1, -0.05) is 29.3 Å². The van der Waals surface area contributed by atoms with Crippen LogP contribution in [0.2, 0.25) is 10.0 Å². The Morgan fingerprint density at radius 2 is 1.83 bits per heavy atom. The second-order valence-electron chi connectivity index (χ2n) is 3.91. The molecular formula is C14H10Cl2N2. The van der Waals surface area contributed by atoms with Crippen molar-refractivity contribution in [3.8, 4) is 6.07 Å². The minimum Gasteiger partial charge on any atom is -0.353 e. The third kappa shape index (κ3) is 2.76. The van der Waals surface area contributed by atoms with Crippen molar-refractivity contribution in [2.45, 2.75) is 6.92 Å². The van der Waals surface area contributed by atoms with E-state index in [2.05, 4.69) is 11.4 Å². The Balaban J connectivity index is 2.43. The van der Waals surface area contributed by atoms with E-state index in [0.717, 1.165) is 11.3 Å². The molecule has 0 radical (unpaired) electrons. The van der Waals surface area contributed by atoms with Crippen molar-refractivity contribution in [2.24, 2.45) is 0 Å². The molecule has 0 aliphatic rings. The largest absolute Gasteiger partial charge is 0.353 e. The molecule has 2 aromatic carbocycles. The molecule has 0 saturated carbocycles. The summed E-state index contributed by atoms with van der Waals surface area (Å²) in [7, 11) is 0. The first-order valence-corrected chi connectivity index (χ1v) is 6.08. The zero-order valence-electron chi connectivity index (χ0n) is 9.67. The summed E-state index contributed by atoms with van der Waals surface area (Å²) in [6.45, 7) is 1.96. The van der Waals surface area contributed by atoms with Crippen molar-refractivity contribution in [3.63, 3.8) is 0 Å². The van der Waals surface area contributed by atoms with Gasteiger partial charge in [-0.25, -0.2) is 0 Å². The lowest BCUT2D eigenvalue weighted by Gasteiger charge is -2.11. The maximum atomic E-state index is 9.06. The van der Waals surface area contributed by atoms with Gasteiger partial charge in [-0.05, 0) is 42.8 Å². The first kappa shape index (κ1) is 12.8. The Morgan fingerprint density at radius 1 is 1.06 bits per heavy atom. The summed E-state index contributed by atoms with van der Waals surface area (Å²) in [4.78, 5) is 0. The van der Waals surface area contributed by atoms with Crippen molar-refractivity contribution in [3.05, 3.63) is 57.6 Å². The highest BCUT2D eigenvalue weighted by Gasteiger charge is 2.06. The fourth-order valence-electron chi connectivity index (χ4n) is 1.60. The molecule has 90 valence electrons. The predicted molar refractivity (Wildman–Crippen MR) is 75.6 cm³/mol. The monoisotopic (exact) mass is 276 g/mol. The van der Waals surface area contributed by atoms with Gasteiger partial charge in [0.2, 0.25) is 0 Å². The average molecular weight is 277 g/mol. The number of nitriles is 1. The number of rotatable bonds is 2. The van der Waals surface area contributed by atoms with Gasteiger partial charge >= 0.3 is 0 Å². The number of nitrogens with one attached hydrogen (secondary N) is 1. The van der Waals surface area contributed by atoms with E-state index < -0.39 is 0 Å². The van der Waals surface area contributed by atoms with Gasteiger partial charge in [0.05, 0.1) is 22.0 Å². The Kier molecular flexibility index (Phi) is 3.76. The Morgan fingerprint density at radius 3 is 2.56 bits per heavy atom. The zero-order valence-corrected chi connectivity index (χ0v) is 11.2. The number of hydrogen-bond acceptors (Lipinski definition) is 2. The van der Waals surface area contributed by atoms with Crippen molar-refractivity contribution >= 4 is 34.6 Å². The third-order valence-corrected chi connectivity index (χ3v) is 3.06. The van der Waals surface area contributed by atoms with Gasteiger partial charge in [-0.2, -0.15) is 5.26 Å². The van der Waals surface area contributed by atoms with E-state index in [-0.39, 0.29) is 0 Å². The van der Waals surface area contributed by atoms with Crippen molar-refractivity contribution in [1.82, 2.24) is 0 Å². The summed E-state index contributed by atoms with van der Waals surface area (Å²) >= 11 is 12.0. The highest BCUT2D eigenvalue weighted by atomic mass is 35.5. The molecule has 0 unspecified atom stereocenters. The van der Waals surface area contributed by atoms with E-state index in [4.69, 9.17) is 28.5 Å². The SMILES string of the molecule is Cc1ccc(C#N)c(Nc2cc(Cl)ccc2Cl)c1. The predicted octanol–water partition coefficient (Wildman–Crippen LogP) is 4.92. The van der Waals surface area contributed by atoms with Gasteiger partial charge in [0, 0.05) is 5.02 Å². The molecule has 0 aromatic heterocycles. The van der Waals surface area contributed by atoms with Crippen LogP contribution >= 0.6 is 23.2 Å². The van der Waals surface area contributed by atoms with Crippen LogP contribution in [0.1, 0.15) is 11.1 Å². The van der Waals surface area contributed by atoms with Crippen LogP contribution in [0.25, 0.3) is 0 Å². The van der Waals surface area contributed by atoms with Crippen molar-refractivity contribution in [2.75, 3.05) is 5.32 Å². The summed E-state index contributed by atoms with van der Waals surface area (Å²) < 4.78 is 0. The van der Waals surface area contributed by atoms with Gasteiger partial charge < -0.3 is 5.32 Å². The van der Waals surface area contributed by atoms with Crippen LogP contribution in [0.3, 0.4) is 0 Å². The second kappa shape index (κ2) is 5.30. The molecule has 0 spiro atoms. The van der Waals surface area contributed by atoms with Gasteiger partial charge in [0.1, 0.15) is 6.07 Å². The highest BCUT2D eigenvalue weighted by molar-refractivity contribution is 6.35. The van der Waals surface area contributed by atoms with E-state index in [9.17, 15) is 0 Å². The molecule has 0 aliphatic carbocycles. The third-order valence-electron chi connectivity index (χ3n) is 2.49. The molecule has 2 aromatic rings. The number of aryl methyl sites for hydroxylation is 1. The molecule has 0 atom stereocenters. The van der Waals surface area contributed by atoms with Crippen LogP contribution in [0, 0.1) is 18.3 Å². The van der Waals surface area contributed by atoms with Gasteiger partial charge in [0.25, 0.3) is 0 Å². The molecule has 0 fully saturated rings. The first-order chi connectivity index (χ1) is 8.60. The first-order valence-electron chi connectivity index (χ1n) is 5.33. The van der Waals surface area contributed by atoms with E-state index in [1.54, 1.807) is 24.3 Å². The number of hydrogen-bond donors (Lipinski definition) is 1. The minimum absolute atomic E-state index is 0.560. The fraction of sp³-hybridized carbons (Fsp3) is 0.0714. The number of nitrogens with zero attached hydrogens (tertiary/aromatic N) is 1. The van der Waals surface area contributed by atoms with Crippen LogP contribution in [0.5, 0.6) is 0 Å². The number of halogens is 2. The highest BCUT2D eigenvalue weighted by Crippen LogP contribution is 2.30. The molecule has 0 saturated heterocycles. The summed E-state index contributed by atoms with van der Waals surface area (Å²) in [5, 5.41) is 13.3. The number of anilines is 2. The van der Waals surface area contributed by atoms with Crippen molar-refractivity contribution < 1.29 is 0 Å². The maximum Gasteiger partial charge on any atom is 0.101 e. The standard InChI is InChI=1S/C14H10Cl2N2/c1-9-2-3-10(8-17)13(6-9)18-14-7-11(15)4-5-12(14)16/h2-7,18H,1H3. The molecule has 1 N–H and O–H groups in total. The molecule has 0 amide bonds. The Labute approximate surface area is 116 Å². The Hall–Kier alpha value is -1.69. The fourth-order valence-corrected chi connectivity index (χ4v) is 1.93. The van der Waals surface area contributed by atoms with Gasteiger partial charge in [0.15, 0.2) is 0 Å². The van der Waals surface area contributed by atoms with Gasteiger partial charge in [-0.15, -0.1) is 0 Å². The smallest absolute Gasteiger partial charge is 0.101 e. The van der Waals surface area contributed by atoms with Crippen LogP contribution in [0.4, 0.5) is 11.4 Å². The van der Waals surface area contributed by atoms with Crippen LogP contribution < -0.4 is 5.32 Å². The lowest BCUT2D eigenvalue weighted by molar-refractivity contribution is 1.41. The number of benzene rings is 2. The second-order valence-corrected chi connectivity index (χ2v) is 4.75. The lowest BCUT2D eigenvalue weighted by atomic mass is 10.1. The molecule has 0 bridgehead atoms. The van der Waals surface area contributed by atoms with Crippen LogP contribution in [-0.4, -0.2) is 0 Å². The molecule has 2 rings (SSSR count). The molecule has 0 aliphatic heterocycles. The molecule has 2 nitrogen and oxygen atoms in total.